The lowest BCUT2D eigenvalue weighted by molar-refractivity contribution is 0.0697. The highest BCUT2D eigenvalue weighted by atomic mass is 32.1. The molecule has 0 aliphatic rings. The molecule has 19 heavy (non-hydrogen) atoms. The average molecular weight is 279 g/mol. The van der Waals surface area contributed by atoms with Gasteiger partial charge in [0.1, 0.15) is 5.82 Å². The van der Waals surface area contributed by atoms with Crippen LogP contribution in [0.1, 0.15) is 15.2 Å². The van der Waals surface area contributed by atoms with Crippen molar-refractivity contribution in [2.75, 3.05) is 18.5 Å². The molecule has 5 heteroatoms. The second kappa shape index (κ2) is 5.84. The third kappa shape index (κ3) is 3.32. The van der Waals surface area contributed by atoms with E-state index in [0.29, 0.717) is 12.2 Å². The molecule has 0 aliphatic heterocycles. The van der Waals surface area contributed by atoms with Crippen LogP contribution < -0.4 is 4.90 Å². The highest BCUT2D eigenvalue weighted by molar-refractivity contribution is 7.09. The van der Waals surface area contributed by atoms with Crippen molar-refractivity contribution in [3.05, 3.63) is 52.0 Å². The number of rotatable bonds is 5. The fraction of sp³-hybridized carbons (Fsp3) is 0.214. The number of benzene rings is 1. The summed E-state index contributed by atoms with van der Waals surface area (Å²) in [7, 11) is 1.81. The minimum atomic E-state index is -1.11. The fourth-order valence-electron chi connectivity index (χ4n) is 1.87. The minimum Gasteiger partial charge on any atom is -0.478 e. The van der Waals surface area contributed by atoms with Gasteiger partial charge in [-0.25, -0.2) is 9.18 Å². The van der Waals surface area contributed by atoms with Gasteiger partial charge in [-0.2, -0.15) is 0 Å². The van der Waals surface area contributed by atoms with E-state index in [1.807, 2.05) is 29.5 Å². The number of carbonyl (C=O) groups is 1. The number of halogens is 1. The average Bonchev–Trinajstić information content (AvgIpc) is 2.88. The first-order valence-electron chi connectivity index (χ1n) is 5.84. The Hall–Kier alpha value is -1.88. The molecule has 1 aromatic heterocycles. The molecule has 0 amide bonds. The molecule has 0 radical (unpaired) electrons. The van der Waals surface area contributed by atoms with Crippen molar-refractivity contribution < 1.29 is 14.3 Å². The molecule has 0 fully saturated rings. The van der Waals surface area contributed by atoms with Crippen LogP contribution in [0.15, 0.2) is 35.7 Å². The molecule has 0 saturated heterocycles. The highest BCUT2D eigenvalue weighted by Gasteiger charge is 2.14. The minimum absolute atomic E-state index is 0.00585. The highest BCUT2D eigenvalue weighted by Crippen LogP contribution is 2.21. The molecule has 0 spiro atoms. The van der Waals surface area contributed by atoms with Gasteiger partial charge in [0.2, 0.25) is 0 Å². The number of nitrogens with zero attached hydrogens (tertiary/aromatic N) is 1. The van der Waals surface area contributed by atoms with Gasteiger partial charge in [-0.05, 0) is 36.1 Å². The molecule has 1 aromatic carbocycles. The van der Waals surface area contributed by atoms with Gasteiger partial charge in [0.15, 0.2) is 0 Å². The van der Waals surface area contributed by atoms with E-state index < -0.39 is 11.8 Å². The number of likely N-dealkylation sites (N-methyl/N-ethyl adjacent to an activating group) is 1. The monoisotopic (exact) mass is 279 g/mol. The van der Waals surface area contributed by atoms with Crippen molar-refractivity contribution in [3.8, 4) is 0 Å². The van der Waals surface area contributed by atoms with Crippen LogP contribution in [0.4, 0.5) is 10.1 Å². The lowest BCUT2D eigenvalue weighted by Gasteiger charge is -2.20. The van der Waals surface area contributed by atoms with Gasteiger partial charge in [-0.1, -0.05) is 6.07 Å². The molecule has 0 bridgehead atoms. The molecular weight excluding hydrogens is 265 g/mol. The lowest BCUT2D eigenvalue weighted by atomic mass is 10.1. The second-order valence-electron chi connectivity index (χ2n) is 4.22. The number of anilines is 1. The van der Waals surface area contributed by atoms with Crippen molar-refractivity contribution in [1.82, 2.24) is 0 Å². The Balaban J connectivity index is 2.14. The van der Waals surface area contributed by atoms with Crippen molar-refractivity contribution in [1.29, 1.82) is 0 Å². The van der Waals surface area contributed by atoms with Crippen LogP contribution in [0.2, 0.25) is 0 Å². The molecule has 0 unspecified atom stereocenters. The molecule has 0 aliphatic carbocycles. The van der Waals surface area contributed by atoms with E-state index in [2.05, 4.69) is 0 Å². The largest absolute Gasteiger partial charge is 0.478 e. The smallest absolute Gasteiger partial charge is 0.337 e. The zero-order valence-electron chi connectivity index (χ0n) is 10.5. The van der Waals surface area contributed by atoms with Gasteiger partial charge in [-0.15, -0.1) is 11.3 Å². The van der Waals surface area contributed by atoms with Gasteiger partial charge in [0, 0.05) is 18.5 Å². The van der Waals surface area contributed by atoms with Gasteiger partial charge in [0.05, 0.1) is 11.3 Å². The normalized spacial score (nSPS) is 10.4. The Morgan fingerprint density at radius 3 is 2.84 bits per heavy atom. The van der Waals surface area contributed by atoms with E-state index in [9.17, 15) is 9.18 Å². The van der Waals surface area contributed by atoms with Crippen LogP contribution in [0, 0.1) is 5.82 Å². The van der Waals surface area contributed by atoms with E-state index in [4.69, 9.17) is 5.11 Å². The van der Waals surface area contributed by atoms with Gasteiger partial charge < -0.3 is 10.0 Å². The Bertz CT molecular complexity index is 569. The van der Waals surface area contributed by atoms with Crippen molar-refractivity contribution in [2.24, 2.45) is 0 Å². The Kier molecular flexibility index (Phi) is 4.16. The van der Waals surface area contributed by atoms with E-state index in [-0.39, 0.29) is 5.56 Å². The quantitative estimate of drug-likeness (QED) is 0.913. The molecule has 0 saturated carbocycles. The van der Waals surface area contributed by atoms with Crippen LogP contribution in [0.3, 0.4) is 0 Å². The zero-order valence-corrected chi connectivity index (χ0v) is 11.3. The van der Waals surface area contributed by atoms with E-state index >= 15 is 0 Å². The van der Waals surface area contributed by atoms with Crippen LogP contribution in [0.25, 0.3) is 0 Å². The summed E-state index contributed by atoms with van der Waals surface area (Å²) < 4.78 is 13.1. The Labute approximate surface area is 114 Å². The molecule has 2 rings (SSSR count). The summed E-state index contributed by atoms with van der Waals surface area (Å²) in [5, 5.41) is 11.1. The first-order valence-corrected chi connectivity index (χ1v) is 6.72. The maximum absolute atomic E-state index is 13.1. The topological polar surface area (TPSA) is 40.5 Å². The molecule has 3 nitrogen and oxygen atoms in total. The first-order chi connectivity index (χ1) is 9.08. The maximum Gasteiger partial charge on any atom is 0.337 e. The summed E-state index contributed by atoms with van der Waals surface area (Å²) in [6.07, 6.45) is 0.838. The van der Waals surface area contributed by atoms with Crippen LogP contribution >= 0.6 is 11.3 Å². The molecule has 0 atom stereocenters. The van der Waals surface area contributed by atoms with Crippen LogP contribution in [0.5, 0.6) is 0 Å². The molecule has 2 aromatic rings. The predicted molar refractivity (Wildman–Crippen MR) is 74.7 cm³/mol. The van der Waals surface area contributed by atoms with Crippen LogP contribution in [-0.4, -0.2) is 24.7 Å². The predicted octanol–water partition coefficient (Wildman–Crippen LogP) is 3.26. The summed E-state index contributed by atoms with van der Waals surface area (Å²) in [6.45, 7) is 0.687. The summed E-state index contributed by atoms with van der Waals surface area (Å²) in [6, 6.07) is 7.87. The fourth-order valence-corrected chi connectivity index (χ4v) is 2.56. The van der Waals surface area contributed by atoms with Gasteiger partial charge >= 0.3 is 5.97 Å². The molecular formula is C14H14FNO2S. The third-order valence-corrected chi connectivity index (χ3v) is 3.81. The molecule has 1 heterocycles. The third-order valence-electron chi connectivity index (χ3n) is 2.87. The van der Waals surface area contributed by atoms with Crippen molar-refractivity contribution in [3.63, 3.8) is 0 Å². The molecule has 100 valence electrons. The maximum atomic E-state index is 13.1. The van der Waals surface area contributed by atoms with Gasteiger partial charge in [0.25, 0.3) is 0 Å². The summed E-state index contributed by atoms with van der Waals surface area (Å²) in [5.74, 6) is -1.65. The lowest BCUT2D eigenvalue weighted by Crippen LogP contribution is -2.22. The van der Waals surface area contributed by atoms with Crippen molar-refractivity contribution in [2.45, 2.75) is 6.42 Å². The summed E-state index contributed by atoms with van der Waals surface area (Å²) in [4.78, 5) is 14.2. The van der Waals surface area contributed by atoms with Crippen LogP contribution in [-0.2, 0) is 6.42 Å². The van der Waals surface area contributed by atoms with E-state index in [0.717, 1.165) is 12.5 Å². The number of carboxylic acids is 1. The van der Waals surface area contributed by atoms with E-state index in [1.165, 1.54) is 17.0 Å². The van der Waals surface area contributed by atoms with Crippen molar-refractivity contribution >= 4 is 23.0 Å². The standard InChI is InChI=1S/C14H14FNO2S/c1-16(7-6-11-3-2-8-19-11)13-5-4-10(15)9-12(13)14(17)18/h2-5,8-9H,6-7H2,1H3,(H,17,18). The Morgan fingerprint density at radius 2 is 2.21 bits per heavy atom. The number of thiophene rings is 1. The zero-order chi connectivity index (χ0) is 13.8. The number of aromatic carboxylic acids is 1. The summed E-state index contributed by atoms with van der Waals surface area (Å²) in [5.41, 5.74) is 0.527. The summed E-state index contributed by atoms with van der Waals surface area (Å²) >= 11 is 1.67. The Morgan fingerprint density at radius 1 is 1.42 bits per heavy atom. The number of carboxylic acid groups (broad SMARTS) is 1. The second-order valence-corrected chi connectivity index (χ2v) is 5.25. The SMILES string of the molecule is CN(CCc1cccs1)c1ccc(F)cc1C(=O)O. The first kappa shape index (κ1) is 13.5. The van der Waals surface area contributed by atoms with Gasteiger partial charge in [-0.3, -0.25) is 0 Å². The molecule has 1 N–H and O–H groups in total. The van der Waals surface area contributed by atoms with E-state index in [1.54, 1.807) is 11.3 Å². The number of hydrogen-bond donors (Lipinski definition) is 1. The number of hydrogen-bond acceptors (Lipinski definition) is 3.